The third-order valence-electron chi connectivity index (χ3n) is 3.79. The first kappa shape index (κ1) is 14.9. The normalized spacial score (nSPS) is 18.9. The van der Waals surface area contributed by atoms with Crippen molar-refractivity contribution in [3.05, 3.63) is 84.3 Å². The summed E-state index contributed by atoms with van der Waals surface area (Å²) in [5.74, 6) is 0.120. The van der Waals surface area contributed by atoms with Crippen LogP contribution in [0.1, 0.15) is 17.0 Å². The summed E-state index contributed by atoms with van der Waals surface area (Å²) < 4.78 is 25.6. The lowest BCUT2D eigenvalue weighted by atomic mass is 9.91. The van der Waals surface area contributed by atoms with Crippen molar-refractivity contribution in [2.24, 2.45) is 0 Å². The molecule has 22 heavy (non-hydrogen) atoms. The molecule has 0 saturated carbocycles. The smallest absolute Gasteiger partial charge is 0.232 e. The highest BCUT2D eigenvalue weighted by molar-refractivity contribution is 7.88. The SMILES string of the molecule is CS(=O)(=O)N1C[CH]C(c2ccccc2)C=C1c1ccccc1. The van der Waals surface area contributed by atoms with E-state index in [4.69, 9.17) is 0 Å². The molecular formula is C18H18NO2S. The Bertz CT molecular complexity index is 767. The van der Waals surface area contributed by atoms with Gasteiger partial charge in [0.25, 0.3) is 0 Å². The molecule has 0 amide bonds. The van der Waals surface area contributed by atoms with Crippen LogP contribution in [-0.4, -0.2) is 25.5 Å². The predicted molar refractivity (Wildman–Crippen MR) is 89.5 cm³/mol. The summed E-state index contributed by atoms with van der Waals surface area (Å²) in [7, 11) is -3.30. The van der Waals surface area contributed by atoms with Crippen LogP contribution in [0, 0.1) is 6.42 Å². The maximum Gasteiger partial charge on any atom is 0.232 e. The third kappa shape index (κ3) is 3.07. The van der Waals surface area contributed by atoms with Crippen LogP contribution in [0.25, 0.3) is 5.70 Å². The van der Waals surface area contributed by atoms with Crippen molar-refractivity contribution in [1.29, 1.82) is 0 Å². The Morgan fingerprint density at radius 2 is 1.55 bits per heavy atom. The monoisotopic (exact) mass is 312 g/mol. The largest absolute Gasteiger partial charge is 0.270 e. The summed E-state index contributed by atoms with van der Waals surface area (Å²) in [4.78, 5) is 0. The summed E-state index contributed by atoms with van der Waals surface area (Å²) in [6.45, 7) is 0.388. The van der Waals surface area contributed by atoms with Crippen LogP contribution in [0.5, 0.6) is 0 Å². The summed E-state index contributed by atoms with van der Waals surface area (Å²) in [6, 6.07) is 19.8. The molecule has 1 heterocycles. The van der Waals surface area contributed by atoms with E-state index in [0.29, 0.717) is 6.54 Å². The predicted octanol–water partition coefficient (Wildman–Crippen LogP) is 3.29. The molecule has 0 aliphatic carbocycles. The van der Waals surface area contributed by atoms with Gasteiger partial charge in [-0.25, -0.2) is 8.42 Å². The number of benzene rings is 2. The van der Waals surface area contributed by atoms with Gasteiger partial charge in [0, 0.05) is 12.5 Å². The lowest BCUT2D eigenvalue weighted by Crippen LogP contribution is -2.33. The Kier molecular flexibility index (Phi) is 4.03. The topological polar surface area (TPSA) is 37.4 Å². The lowest BCUT2D eigenvalue weighted by Gasteiger charge is -2.32. The van der Waals surface area contributed by atoms with Crippen LogP contribution in [0.4, 0.5) is 0 Å². The van der Waals surface area contributed by atoms with Crippen LogP contribution in [0.2, 0.25) is 0 Å². The number of nitrogens with zero attached hydrogens (tertiary/aromatic N) is 1. The van der Waals surface area contributed by atoms with Gasteiger partial charge in [-0.3, -0.25) is 4.31 Å². The van der Waals surface area contributed by atoms with Crippen molar-refractivity contribution in [3.63, 3.8) is 0 Å². The zero-order valence-corrected chi connectivity index (χ0v) is 13.2. The van der Waals surface area contributed by atoms with E-state index in [-0.39, 0.29) is 5.92 Å². The van der Waals surface area contributed by atoms with Crippen molar-refractivity contribution in [1.82, 2.24) is 4.31 Å². The number of allylic oxidation sites excluding steroid dienone is 1. The first-order valence-corrected chi connectivity index (χ1v) is 9.04. The van der Waals surface area contributed by atoms with Gasteiger partial charge in [0.1, 0.15) is 0 Å². The number of hydrogen-bond donors (Lipinski definition) is 0. The Hall–Kier alpha value is -2.07. The summed E-state index contributed by atoms with van der Waals surface area (Å²) in [6.07, 6.45) is 5.30. The summed E-state index contributed by atoms with van der Waals surface area (Å²) in [5, 5.41) is 0. The number of rotatable bonds is 3. The fraction of sp³-hybridized carbons (Fsp3) is 0.167. The highest BCUT2D eigenvalue weighted by atomic mass is 32.2. The highest BCUT2D eigenvalue weighted by Crippen LogP contribution is 2.34. The van der Waals surface area contributed by atoms with E-state index in [1.807, 2.05) is 61.0 Å². The van der Waals surface area contributed by atoms with Gasteiger partial charge in [-0.1, -0.05) is 66.7 Å². The van der Waals surface area contributed by atoms with Gasteiger partial charge < -0.3 is 0 Å². The van der Waals surface area contributed by atoms with E-state index < -0.39 is 10.0 Å². The van der Waals surface area contributed by atoms with Crippen LogP contribution >= 0.6 is 0 Å². The average molecular weight is 312 g/mol. The van der Waals surface area contributed by atoms with Gasteiger partial charge in [0.2, 0.25) is 10.0 Å². The number of hydrogen-bond acceptors (Lipinski definition) is 2. The van der Waals surface area contributed by atoms with Crippen molar-refractivity contribution < 1.29 is 8.42 Å². The Morgan fingerprint density at radius 1 is 0.955 bits per heavy atom. The molecule has 4 heteroatoms. The first-order chi connectivity index (χ1) is 10.6. The van der Waals surface area contributed by atoms with Gasteiger partial charge in [-0.2, -0.15) is 0 Å². The molecule has 1 radical (unpaired) electrons. The molecule has 0 aromatic heterocycles. The van der Waals surface area contributed by atoms with E-state index in [0.717, 1.165) is 11.3 Å². The molecule has 113 valence electrons. The van der Waals surface area contributed by atoms with Gasteiger partial charge >= 0.3 is 0 Å². The molecule has 2 aromatic rings. The maximum absolute atomic E-state index is 12.1. The van der Waals surface area contributed by atoms with Crippen molar-refractivity contribution in [3.8, 4) is 0 Å². The molecule has 0 fully saturated rings. The zero-order chi connectivity index (χ0) is 15.6. The van der Waals surface area contributed by atoms with Gasteiger partial charge in [0.15, 0.2) is 0 Å². The average Bonchev–Trinajstić information content (AvgIpc) is 2.55. The maximum atomic E-state index is 12.1. The second-order valence-electron chi connectivity index (χ2n) is 5.38. The molecule has 0 spiro atoms. The van der Waals surface area contributed by atoms with Gasteiger partial charge in [0.05, 0.1) is 12.0 Å². The van der Waals surface area contributed by atoms with E-state index in [1.165, 1.54) is 16.1 Å². The molecule has 3 nitrogen and oxygen atoms in total. The molecule has 1 unspecified atom stereocenters. The second kappa shape index (κ2) is 5.97. The van der Waals surface area contributed by atoms with Crippen molar-refractivity contribution >= 4 is 15.7 Å². The second-order valence-corrected chi connectivity index (χ2v) is 7.29. The molecule has 0 bridgehead atoms. The molecule has 0 N–H and O–H groups in total. The van der Waals surface area contributed by atoms with E-state index in [1.54, 1.807) is 0 Å². The molecule has 1 atom stereocenters. The minimum absolute atomic E-state index is 0.120. The molecular weight excluding hydrogens is 294 g/mol. The summed E-state index contributed by atoms with van der Waals surface area (Å²) in [5.41, 5.74) is 2.84. The summed E-state index contributed by atoms with van der Waals surface area (Å²) >= 11 is 0. The Morgan fingerprint density at radius 3 is 2.14 bits per heavy atom. The Labute approximate surface area is 132 Å². The fourth-order valence-corrected chi connectivity index (χ4v) is 3.58. The van der Waals surface area contributed by atoms with Crippen LogP contribution in [0.15, 0.2) is 66.7 Å². The number of sulfonamides is 1. The van der Waals surface area contributed by atoms with E-state index in [2.05, 4.69) is 12.1 Å². The molecule has 1 aliphatic heterocycles. The molecule has 2 aromatic carbocycles. The van der Waals surface area contributed by atoms with Gasteiger partial charge in [-0.15, -0.1) is 0 Å². The van der Waals surface area contributed by atoms with Crippen LogP contribution in [-0.2, 0) is 10.0 Å². The highest BCUT2D eigenvalue weighted by Gasteiger charge is 2.27. The first-order valence-electron chi connectivity index (χ1n) is 7.19. The van der Waals surface area contributed by atoms with Crippen LogP contribution < -0.4 is 0 Å². The van der Waals surface area contributed by atoms with Gasteiger partial charge in [-0.05, 0) is 17.5 Å². The standard InChI is InChI=1S/C18H18NO2S/c1-22(20,21)19-13-12-17(15-8-4-2-5-9-15)14-18(19)16-10-6-3-7-11-16/h2-12,14,17H,13H2,1H3. The molecule has 0 saturated heterocycles. The minimum atomic E-state index is -3.30. The zero-order valence-electron chi connectivity index (χ0n) is 12.4. The van der Waals surface area contributed by atoms with E-state index in [9.17, 15) is 8.42 Å². The minimum Gasteiger partial charge on any atom is -0.270 e. The molecule has 1 aliphatic rings. The Balaban J connectivity index is 2.06. The van der Waals surface area contributed by atoms with Crippen molar-refractivity contribution in [2.75, 3.05) is 12.8 Å². The lowest BCUT2D eigenvalue weighted by molar-refractivity contribution is 0.519. The molecule has 3 rings (SSSR count). The third-order valence-corrected chi connectivity index (χ3v) is 4.93. The fourth-order valence-electron chi connectivity index (χ4n) is 2.70. The van der Waals surface area contributed by atoms with Crippen LogP contribution in [0.3, 0.4) is 0 Å². The van der Waals surface area contributed by atoms with Crippen molar-refractivity contribution in [2.45, 2.75) is 5.92 Å². The van der Waals surface area contributed by atoms with E-state index >= 15 is 0 Å². The quantitative estimate of drug-likeness (QED) is 0.872.